The Morgan fingerprint density at radius 2 is 2.08 bits per heavy atom. The van der Waals surface area contributed by atoms with Crippen molar-refractivity contribution in [3.05, 3.63) is 0 Å². The highest BCUT2D eigenvalue weighted by Gasteiger charge is 2.09. The van der Waals surface area contributed by atoms with E-state index in [0.717, 1.165) is 13.1 Å². The Morgan fingerprint density at radius 3 is 2.69 bits per heavy atom. The molecule has 13 heavy (non-hydrogen) atoms. The molecule has 0 bridgehead atoms. The molecule has 1 saturated heterocycles. The summed E-state index contributed by atoms with van der Waals surface area (Å²) in [5, 5.41) is 12.2. The van der Waals surface area contributed by atoms with Gasteiger partial charge < -0.3 is 15.3 Å². The van der Waals surface area contributed by atoms with Gasteiger partial charge >= 0.3 is 0 Å². The first kappa shape index (κ1) is 11.0. The second kappa shape index (κ2) is 6.35. The Bertz CT molecular complexity index is 122. The molecule has 1 heterocycles. The topological polar surface area (TPSA) is 35.5 Å². The fraction of sp³-hybridized carbons (Fsp3) is 1.00. The molecule has 1 aliphatic rings. The van der Waals surface area contributed by atoms with Gasteiger partial charge in [0.2, 0.25) is 0 Å². The lowest BCUT2D eigenvalue weighted by Gasteiger charge is -2.14. The molecule has 3 nitrogen and oxygen atoms in total. The van der Waals surface area contributed by atoms with Crippen LogP contribution >= 0.6 is 0 Å². The Labute approximate surface area is 81.1 Å². The molecule has 0 amide bonds. The number of aliphatic hydroxyl groups excluding tert-OH is 1. The van der Waals surface area contributed by atoms with E-state index in [2.05, 4.69) is 10.2 Å². The van der Waals surface area contributed by atoms with Crippen LogP contribution in [-0.4, -0.2) is 48.8 Å². The van der Waals surface area contributed by atoms with E-state index in [1.54, 1.807) is 0 Å². The van der Waals surface area contributed by atoms with Crippen LogP contribution in [-0.2, 0) is 0 Å². The smallest absolute Gasteiger partial charge is 0.0636 e. The van der Waals surface area contributed by atoms with Crippen molar-refractivity contribution in [3.8, 4) is 0 Å². The lowest BCUT2D eigenvalue weighted by Crippen LogP contribution is -2.28. The maximum atomic E-state index is 8.99. The van der Waals surface area contributed by atoms with Gasteiger partial charge in [0.1, 0.15) is 0 Å². The van der Waals surface area contributed by atoms with Gasteiger partial charge in [0.25, 0.3) is 0 Å². The number of nitrogens with zero attached hydrogens (tertiary/aromatic N) is 1. The minimum absolute atomic E-state index is 0.216. The van der Waals surface area contributed by atoms with Gasteiger partial charge in [0.15, 0.2) is 0 Å². The summed E-state index contributed by atoms with van der Waals surface area (Å²) in [6.07, 6.45) is 3.74. The zero-order valence-electron chi connectivity index (χ0n) is 8.63. The first-order valence-corrected chi connectivity index (χ1v) is 5.40. The number of rotatable bonds is 6. The fourth-order valence-corrected chi connectivity index (χ4v) is 1.74. The standard InChI is InChI=1S/C10H22N2O/c1-10(13)9-11-5-4-8-12-6-2-3-7-12/h10-11,13H,2-9H2,1H3/t10-/m0/s1. The van der Waals surface area contributed by atoms with Crippen molar-refractivity contribution < 1.29 is 5.11 Å². The molecule has 0 radical (unpaired) electrons. The maximum absolute atomic E-state index is 8.99. The normalized spacial score (nSPS) is 20.8. The van der Waals surface area contributed by atoms with Gasteiger partial charge in [0.05, 0.1) is 6.10 Å². The Kier molecular flexibility index (Phi) is 5.35. The lowest BCUT2D eigenvalue weighted by atomic mass is 10.3. The van der Waals surface area contributed by atoms with Gasteiger partial charge in [-0.3, -0.25) is 0 Å². The van der Waals surface area contributed by atoms with Crippen molar-refractivity contribution in [1.82, 2.24) is 10.2 Å². The van der Waals surface area contributed by atoms with Gasteiger partial charge in [-0.2, -0.15) is 0 Å². The summed E-state index contributed by atoms with van der Waals surface area (Å²) in [5.74, 6) is 0. The summed E-state index contributed by atoms with van der Waals surface area (Å²) in [6, 6.07) is 0. The summed E-state index contributed by atoms with van der Waals surface area (Å²) in [7, 11) is 0. The van der Waals surface area contributed by atoms with Crippen LogP contribution in [0.1, 0.15) is 26.2 Å². The summed E-state index contributed by atoms with van der Waals surface area (Å²) >= 11 is 0. The Morgan fingerprint density at radius 1 is 1.38 bits per heavy atom. The van der Waals surface area contributed by atoms with Crippen molar-refractivity contribution in [2.45, 2.75) is 32.3 Å². The molecule has 3 heteroatoms. The zero-order valence-corrected chi connectivity index (χ0v) is 8.63. The predicted molar refractivity (Wildman–Crippen MR) is 54.8 cm³/mol. The second-order valence-corrected chi connectivity index (χ2v) is 3.96. The largest absolute Gasteiger partial charge is 0.392 e. The van der Waals surface area contributed by atoms with Crippen molar-refractivity contribution in [2.24, 2.45) is 0 Å². The Hall–Kier alpha value is -0.120. The fourth-order valence-electron chi connectivity index (χ4n) is 1.74. The van der Waals surface area contributed by atoms with Crippen molar-refractivity contribution in [1.29, 1.82) is 0 Å². The number of hydrogen-bond acceptors (Lipinski definition) is 3. The first-order chi connectivity index (χ1) is 6.29. The van der Waals surface area contributed by atoms with Crippen LogP contribution < -0.4 is 5.32 Å². The second-order valence-electron chi connectivity index (χ2n) is 3.96. The van der Waals surface area contributed by atoms with Crippen LogP contribution in [0.3, 0.4) is 0 Å². The van der Waals surface area contributed by atoms with E-state index >= 15 is 0 Å². The minimum Gasteiger partial charge on any atom is -0.392 e. The molecule has 0 saturated carbocycles. The molecule has 78 valence electrons. The van der Waals surface area contributed by atoms with E-state index < -0.39 is 0 Å². The number of hydrogen-bond donors (Lipinski definition) is 2. The van der Waals surface area contributed by atoms with Gasteiger partial charge in [0, 0.05) is 6.54 Å². The molecule has 0 aromatic carbocycles. The molecule has 1 atom stereocenters. The third-order valence-electron chi connectivity index (χ3n) is 2.47. The Balaban J connectivity index is 1.83. The van der Waals surface area contributed by atoms with Gasteiger partial charge in [-0.05, 0) is 52.4 Å². The number of aliphatic hydroxyl groups is 1. The zero-order chi connectivity index (χ0) is 9.52. The van der Waals surface area contributed by atoms with Gasteiger partial charge in [-0.25, -0.2) is 0 Å². The van der Waals surface area contributed by atoms with E-state index in [1.165, 1.54) is 38.9 Å². The van der Waals surface area contributed by atoms with Gasteiger partial charge in [-0.15, -0.1) is 0 Å². The molecule has 0 spiro atoms. The molecule has 0 aromatic rings. The monoisotopic (exact) mass is 186 g/mol. The average molecular weight is 186 g/mol. The van der Waals surface area contributed by atoms with Crippen LogP contribution in [0.15, 0.2) is 0 Å². The predicted octanol–water partition coefficient (Wildman–Crippen LogP) is 0.443. The van der Waals surface area contributed by atoms with Crippen LogP contribution in [0.2, 0.25) is 0 Å². The minimum atomic E-state index is -0.216. The van der Waals surface area contributed by atoms with E-state index in [4.69, 9.17) is 5.11 Å². The summed E-state index contributed by atoms with van der Waals surface area (Å²) < 4.78 is 0. The number of nitrogens with one attached hydrogen (secondary N) is 1. The highest BCUT2D eigenvalue weighted by atomic mass is 16.3. The van der Waals surface area contributed by atoms with E-state index in [9.17, 15) is 0 Å². The highest BCUT2D eigenvalue weighted by Crippen LogP contribution is 2.06. The van der Waals surface area contributed by atoms with Crippen LogP contribution in [0.4, 0.5) is 0 Å². The molecular formula is C10H22N2O. The van der Waals surface area contributed by atoms with Crippen molar-refractivity contribution in [3.63, 3.8) is 0 Å². The quantitative estimate of drug-likeness (QED) is 0.591. The molecule has 1 fully saturated rings. The van der Waals surface area contributed by atoms with Crippen molar-refractivity contribution >= 4 is 0 Å². The third kappa shape index (κ3) is 5.24. The maximum Gasteiger partial charge on any atom is 0.0636 e. The van der Waals surface area contributed by atoms with E-state index in [-0.39, 0.29) is 6.10 Å². The molecule has 0 aromatic heterocycles. The highest BCUT2D eigenvalue weighted by molar-refractivity contribution is 4.66. The summed E-state index contributed by atoms with van der Waals surface area (Å²) in [6.45, 7) is 7.36. The molecule has 2 N–H and O–H groups in total. The SMILES string of the molecule is C[C@H](O)CNCCCN1CCCC1. The summed E-state index contributed by atoms with van der Waals surface area (Å²) in [4.78, 5) is 2.52. The molecule has 1 aliphatic heterocycles. The van der Waals surface area contributed by atoms with Crippen molar-refractivity contribution in [2.75, 3.05) is 32.7 Å². The van der Waals surface area contributed by atoms with Gasteiger partial charge in [-0.1, -0.05) is 0 Å². The first-order valence-electron chi connectivity index (χ1n) is 5.40. The molecular weight excluding hydrogens is 164 g/mol. The van der Waals surface area contributed by atoms with Crippen LogP contribution in [0, 0.1) is 0 Å². The third-order valence-corrected chi connectivity index (χ3v) is 2.47. The number of likely N-dealkylation sites (tertiary alicyclic amines) is 1. The molecule has 0 unspecified atom stereocenters. The van der Waals surface area contributed by atoms with Crippen LogP contribution in [0.25, 0.3) is 0 Å². The van der Waals surface area contributed by atoms with Crippen LogP contribution in [0.5, 0.6) is 0 Å². The lowest BCUT2D eigenvalue weighted by molar-refractivity contribution is 0.190. The summed E-state index contributed by atoms with van der Waals surface area (Å²) in [5.41, 5.74) is 0. The molecule has 0 aliphatic carbocycles. The average Bonchev–Trinajstić information content (AvgIpc) is 2.55. The van der Waals surface area contributed by atoms with E-state index in [0.29, 0.717) is 0 Å². The van der Waals surface area contributed by atoms with E-state index in [1.807, 2.05) is 6.92 Å². The molecule has 1 rings (SSSR count).